The molecule has 0 atom stereocenters. The summed E-state index contributed by atoms with van der Waals surface area (Å²) in [6, 6.07) is 7.40. The minimum Gasteiger partial charge on any atom is -0.396 e. The summed E-state index contributed by atoms with van der Waals surface area (Å²) in [6.45, 7) is 1.32. The molecule has 2 N–H and O–H groups in total. The van der Waals surface area contributed by atoms with Gasteiger partial charge >= 0.3 is 0 Å². The van der Waals surface area contributed by atoms with E-state index in [-0.39, 0.29) is 17.8 Å². The Morgan fingerprint density at radius 2 is 2.10 bits per heavy atom. The molecule has 1 aliphatic rings. The van der Waals surface area contributed by atoms with Gasteiger partial charge in [-0.25, -0.2) is 0 Å². The largest absolute Gasteiger partial charge is 0.396 e. The average Bonchev–Trinajstić information content (AvgIpc) is 2.84. The standard InChI is InChI=1S/C14H18N2O3S/c17-9-6-11-1-3-12(4-2-11)15-13(18)5-7-16-8-10-20-14(16)19/h1-4,17H,5-10H2,(H,15,18). The molecule has 20 heavy (non-hydrogen) atoms. The second-order valence-electron chi connectivity index (χ2n) is 4.57. The second kappa shape index (κ2) is 7.31. The van der Waals surface area contributed by atoms with Crippen molar-refractivity contribution in [3.05, 3.63) is 29.8 Å². The molecule has 1 aromatic rings. The van der Waals surface area contributed by atoms with Gasteiger partial charge in [0.2, 0.25) is 5.91 Å². The van der Waals surface area contributed by atoms with Crippen LogP contribution in [0.15, 0.2) is 24.3 Å². The Kier molecular flexibility index (Phi) is 5.43. The van der Waals surface area contributed by atoms with Gasteiger partial charge in [0.1, 0.15) is 0 Å². The van der Waals surface area contributed by atoms with Crippen LogP contribution in [0, 0.1) is 0 Å². The third-order valence-electron chi connectivity index (χ3n) is 3.09. The number of nitrogens with zero attached hydrogens (tertiary/aromatic N) is 1. The minimum absolute atomic E-state index is 0.0613. The molecule has 0 saturated carbocycles. The maximum atomic E-state index is 11.8. The zero-order chi connectivity index (χ0) is 14.4. The van der Waals surface area contributed by atoms with Gasteiger partial charge in [-0.15, -0.1) is 0 Å². The van der Waals surface area contributed by atoms with E-state index in [1.54, 1.807) is 4.90 Å². The van der Waals surface area contributed by atoms with Gasteiger partial charge in [-0.1, -0.05) is 23.9 Å². The van der Waals surface area contributed by atoms with Crippen LogP contribution in [0.2, 0.25) is 0 Å². The summed E-state index contributed by atoms with van der Waals surface area (Å²) in [5.41, 5.74) is 1.77. The van der Waals surface area contributed by atoms with Crippen molar-refractivity contribution in [2.45, 2.75) is 12.8 Å². The third kappa shape index (κ3) is 4.25. The lowest BCUT2D eigenvalue weighted by Gasteiger charge is -2.14. The Morgan fingerprint density at radius 3 is 2.70 bits per heavy atom. The van der Waals surface area contributed by atoms with Crippen molar-refractivity contribution < 1.29 is 14.7 Å². The van der Waals surface area contributed by atoms with E-state index in [2.05, 4.69) is 5.32 Å². The number of hydrogen-bond donors (Lipinski definition) is 2. The van der Waals surface area contributed by atoms with E-state index in [9.17, 15) is 9.59 Å². The molecule has 0 unspecified atom stereocenters. The highest BCUT2D eigenvalue weighted by Crippen LogP contribution is 2.17. The first-order valence-electron chi connectivity index (χ1n) is 6.60. The molecule has 0 bridgehead atoms. The van der Waals surface area contributed by atoms with Crippen LogP contribution in [-0.4, -0.2) is 46.6 Å². The van der Waals surface area contributed by atoms with Crippen molar-refractivity contribution in [2.75, 3.05) is 30.8 Å². The Balaban J connectivity index is 1.77. The van der Waals surface area contributed by atoms with E-state index in [0.717, 1.165) is 23.5 Å². The summed E-state index contributed by atoms with van der Waals surface area (Å²) in [4.78, 5) is 24.9. The quantitative estimate of drug-likeness (QED) is 0.838. The van der Waals surface area contributed by atoms with Gasteiger partial charge in [0, 0.05) is 37.6 Å². The minimum atomic E-state index is -0.0930. The lowest BCUT2D eigenvalue weighted by atomic mass is 10.1. The molecular weight excluding hydrogens is 276 g/mol. The smallest absolute Gasteiger partial charge is 0.281 e. The topological polar surface area (TPSA) is 69.6 Å². The number of nitrogens with one attached hydrogen (secondary N) is 1. The van der Waals surface area contributed by atoms with Crippen LogP contribution in [0.1, 0.15) is 12.0 Å². The van der Waals surface area contributed by atoms with Gasteiger partial charge in [-0.3, -0.25) is 9.59 Å². The maximum absolute atomic E-state index is 11.8. The van der Waals surface area contributed by atoms with Crippen molar-refractivity contribution in [2.24, 2.45) is 0 Å². The molecule has 1 heterocycles. The Labute approximate surface area is 122 Å². The third-order valence-corrected chi connectivity index (χ3v) is 3.98. The number of amides is 2. The van der Waals surface area contributed by atoms with Gasteiger partial charge < -0.3 is 15.3 Å². The first-order chi connectivity index (χ1) is 9.69. The summed E-state index contributed by atoms with van der Waals surface area (Å²) in [6.07, 6.45) is 0.924. The number of benzene rings is 1. The molecule has 5 nitrogen and oxygen atoms in total. The highest BCUT2D eigenvalue weighted by Gasteiger charge is 2.21. The lowest BCUT2D eigenvalue weighted by molar-refractivity contribution is -0.116. The summed E-state index contributed by atoms with van der Waals surface area (Å²) >= 11 is 1.30. The highest BCUT2D eigenvalue weighted by molar-refractivity contribution is 8.13. The molecule has 0 aliphatic carbocycles. The molecule has 6 heteroatoms. The van der Waals surface area contributed by atoms with Crippen LogP contribution < -0.4 is 5.32 Å². The fraction of sp³-hybridized carbons (Fsp3) is 0.429. The Hall–Kier alpha value is -1.53. The van der Waals surface area contributed by atoms with Crippen LogP contribution >= 0.6 is 11.8 Å². The molecule has 1 saturated heterocycles. The number of rotatable bonds is 6. The molecule has 0 aromatic heterocycles. The molecular formula is C14H18N2O3S. The number of aliphatic hydroxyl groups excluding tert-OH is 1. The molecule has 0 spiro atoms. The zero-order valence-electron chi connectivity index (χ0n) is 11.2. The highest BCUT2D eigenvalue weighted by atomic mass is 32.2. The monoisotopic (exact) mass is 294 g/mol. The first-order valence-corrected chi connectivity index (χ1v) is 7.59. The SMILES string of the molecule is O=C(CCN1CCSC1=O)Nc1ccc(CCO)cc1. The van der Waals surface area contributed by atoms with Gasteiger partial charge in [0.05, 0.1) is 0 Å². The lowest BCUT2D eigenvalue weighted by Crippen LogP contribution is -2.27. The van der Waals surface area contributed by atoms with E-state index in [0.29, 0.717) is 19.4 Å². The van der Waals surface area contributed by atoms with Crippen molar-refractivity contribution >= 4 is 28.6 Å². The van der Waals surface area contributed by atoms with Crippen LogP contribution in [0.4, 0.5) is 10.5 Å². The zero-order valence-corrected chi connectivity index (χ0v) is 12.0. The second-order valence-corrected chi connectivity index (χ2v) is 5.62. The average molecular weight is 294 g/mol. The van der Waals surface area contributed by atoms with E-state index in [1.165, 1.54) is 11.8 Å². The Morgan fingerprint density at radius 1 is 1.35 bits per heavy atom. The molecule has 2 amide bonds. The molecule has 1 aliphatic heterocycles. The van der Waals surface area contributed by atoms with Crippen LogP contribution in [0.25, 0.3) is 0 Å². The van der Waals surface area contributed by atoms with Gasteiger partial charge in [0.25, 0.3) is 5.24 Å². The van der Waals surface area contributed by atoms with Gasteiger partial charge in [0.15, 0.2) is 0 Å². The summed E-state index contributed by atoms with van der Waals surface area (Å²) in [5.74, 6) is 0.719. The predicted molar refractivity (Wildman–Crippen MR) is 79.9 cm³/mol. The van der Waals surface area contributed by atoms with Crippen molar-refractivity contribution in [1.82, 2.24) is 4.90 Å². The Bertz CT molecular complexity index is 476. The maximum Gasteiger partial charge on any atom is 0.281 e. The number of aliphatic hydroxyl groups is 1. The number of hydrogen-bond acceptors (Lipinski definition) is 4. The van der Waals surface area contributed by atoms with Gasteiger partial charge in [-0.2, -0.15) is 0 Å². The van der Waals surface area contributed by atoms with Crippen LogP contribution in [0.3, 0.4) is 0 Å². The fourth-order valence-corrected chi connectivity index (χ4v) is 2.82. The summed E-state index contributed by atoms with van der Waals surface area (Å²) in [7, 11) is 0. The van der Waals surface area contributed by atoms with Crippen LogP contribution in [0.5, 0.6) is 0 Å². The van der Waals surface area contributed by atoms with E-state index >= 15 is 0 Å². The normalized spacial score (nSPS) is 14.7. The summed E-state index contributed by atoms with van der Waals surface area (Å²) < 4.78 is 0. The van der Waals surface area contributed by atoms with E-state index in [1.807, 2.05) is 24.3 Å². The molecule has 0 radical (unpaired) electrons. The molecule has 108 valence electrons. The van der Waals surface area contributed by atoms with E-state index in [4.69, 9.17) is 5.11 Å². The number of carbonyl (C=O) groups is 2. The predicted octanol–water partition coefficient (Wildman–Crippen LogP) is 1.72. The number of carbonyl (C=O) groups excluding carboxylic acids is 2. The first kappa shape index (κ1) is 14.9. The van der Waals surface area contributed by atoms with Crippen molar-refractivity contribution in [3.8, 4) is 0 Å². The fourth-order valence-electron chi connectivity index (χ4n) is 1.97. The van der Waals surface area contributed by atoms with E-state index < -0.39 is 0 Å². The van der Waals surface area contributed by atoms with Crippen molar-refractivity contribution in [1.29, 1.82) is 0 Å². The van der Waals surface area contributed by atoms with Crippen molar-refractivity contribution in [3.63, 3.8) is 0 Å². The molecule has 2 rings (SSSR count). The van der Waals surface area contributed by atoms with Crippen LogP contribution in [-0.2, 0) is 11.2 Å². The molecule has 1 fully saturated rings. The number of thioether (sulfide) groups is 1. The number of anilines is 1. The van der Waals surface area contributed by atoms with Gasteiger partial charge in [-0.05, 0) is 24.1 Å². The molecule has 1 aromatic carbocycles. The summed E-state index contributed by atoms with van der Waals surface area (Å²) in [5, 5.41) is 11.7.